The third-order valence-electron chi connectivity index (χ3n) is 1.90. The molecule has 1 aromatic carbocycles. The second-order valence-corrected chi connectivity index (χ2v) is 4.25. The number of ketones is 1. The molecular formula is C10H8BrF3O2. The van der Waals surface area contributed by atoms with Crippen molar-refractivity contribution >= 4 is 21.7 Å². The summed E-state index contributed by atoms with van der Waals surface area (Å²) in [6, 6.07) is 2.07. The van der Waals surface area contributed by atoms with Crippen LogP contribution in [0.2, 0.25) is 0 Å². The second-order valence-electron chi connectivity index (χ2n) is 3.34. The summed E-state index contributed by atoms with van der Waals surface area (Å²) in [5.74, 6) is -1.20. The first-order valence-corrected chi connectivity index (χ1v) is 5.09. The van der Waals surface area contributed by atoms with Crippen LogP contribution in [0.15, 0.2) is 16.6 Å². The number of hydrogen-bond donors (Lipinski definition) is 1. The lowest BCUT2D eigenvalue weighted by molar-refractivity contribution is -0.139. The summed E-state index contributed by atoms with van der Waals surface area (Å²) in [5.41, 5.74) is -1.17. The first-order chi connectivity index (χ1) is 7.21. The molecule has 0 aliphatic heterocycles. The van der Waals surface area contributed by atoms with Crippen molar-refractivity contribution in [2.75, 3.05) is 0 Å². The average Bonchev–Trinajstić information content (AvgIpc) is 2.07. The first-order valence-electron chi connectivity index (χ1n) is 4.30. The summed E-state index contributed by atoms with van der Waals surface area (Å²) in [7, 11) is 0. The lowest BCUT2D eigenvalue weighted by Gasteiger charge is -2.12. The minimum absolute atomic E-state index is 0.0331. The van der Waals surface area contributed by atoms with Crippen LogP contribution in [0.5, 0.6) is 5.75 Å². The molecule has 1 N–H and O–H groups in total. The quantitative estimate of drug-likeness (QED) is 0.909. The number of Topliss-reactive ketones (excluding diaryl/α,β-unsaturated/α-hetero) is 1. The fourth-order valence-electron chi connectivity index (χ4n) is 1.27. The van der Waals surface area contributed by atoms with Gasteiger partial charge in [0.15, 0.2) is 0 Å². The van der Waals surface area contributed by atoms with E-state index in [4.69, 9.17) is 0 Å². The van der Waals surface area contributed by atoms with Crippen LogP contribution >= 0.6 is 15.9 Å². The molecule has 6 heteroatoms. The highest BCUT2D eigenvalue weighted by Crippen LogP contribution is 2.39. The van der Waals surface area contributed by atoms with E-state index in [1.54, 1.807) is 0 Å². The van der Waals surface area contributed by atoms with Crippen LogP contribution in [-0.2, 0) is 17.4 Å². The van der Waals surface area contributed by atoms with Gasteiger partial charge in [-0.3, -0.25) is 4.79 Å². The van der Waals surface area contributed by atoms with Crippen molar-refractivity contribution in [2.24, 2.45) is 0 Å². The van der Waals surface area contributed by atoms with Crippen LogP contribution in [0, 0.1) is 0 Å². The Morgan fingerprint density at radius 2 is 2.00 bits per heavy atom. The number of rotatable bonds is 2. The lowest BCUT2D eigenvalue weighted by Crippen LogP contribution is -2.08. The summed E-state index contributed by atoms with van der Waals surface area (Å²) in [5, 5.41) is 9.40. The monoisotopic (exact) mass is 296 g/mol. The van der Waals surface area contributed by atoms with Gasteiger partial charge in [-0.05, 0) is 19.1 Å². The zero-order chi connectivity index (χ0) is 12.5. The number of benzene rings is 1. The Labute approximate surface area is 98.2 Å². The fraction of sp³-hybridized carbons (Fsp3) is 0.300. The topological polar surface area (TPSA) is 37.3 Å². The smallest absolute Gasteiger partial charge is 0.420 e. The van der Waals surface area contributed by atoms with E-state index in [0.717, 1.165) is 6.07 Å². The highest BCUT2D eigenvalue weighted by molar-refractivity contribution is 9.10. The fourth-order valence-corrected chi connectivity index (χ4v) is 1.78. The third kappa shape index (κ3) is 2.98. The first kappa shape index (κ1) is 13.0. The number of alkyl halides is 3. The molecule has 1 aromatic rings. The molecule has 0 amide bonds. The zero-order valence-corrected chi connectivity index (χ0v) is 9.82. The molecule has 0 aromatic heterocycles. The van der Waals surface area contributed by atoms with Crippen molar-refractivity contribution in [3.8, 4) is 5.75 Å². The zero-order valence-electron chi connectivity index (χ0n) is 8.23. The molecule has 16 heavy (non-hydrogen) atoms. The van der Waals surface area contributed by atoms with Crippen molar-refractivity contribution in [1.29, 1.82) is 0 Å². The van der Waals surface area contributed by atoms with Gasteiger partial charge in [0, 0.05) is 16.5 Å². The normalized spacial score (nSPS) is 11.6. The Hall–Kier alpha value is -1.04. The molecule has 0 saturated carbocycles. The highest BCUT2D eigenvalue weighted by atomic mass is 79.9. The van der Waals surface area contributed by atoms with Crippen molar-refractivity contribution in [2.45, 2.75) is 19.5 Å². The largest absolute Gasteiger partial charge is 0.507 e. The minimum Gasteiger partial charge on any atom is -0.507 e. The van der Waals surface area contributed by atoms with E-state index in [1.807, 2.05) is 0 Å². The van der Waals surface area contributed by atoms with Gasteiger partial charge in [0.05, 0.1) is 5.56 Å². The molecule has 0 heterocycles. The molecule has 0 unspecified atom stereocenters. The van der Waals surface area contributed by atoms with Gasteiger partial charge in [-0.25, -0.2) is 0 Å². The molecule has 0 spiro atoms. The molecular weight excluding hydrogens is 289 g/mol. The minimum atomic E-state index is -4.64. The van der Waals surface area contributed by atoms with Crippen molar-refractivity contribution in [3.05, 3.63) is 27.7 Å². The Balaban J connectivity index is 3.32. The molecule has 0 radical (unpaired) electrons. The number of carbonyl (C=O) groups is 1. The number of halogens is 4. The van der Waals surface area contributed by atoms with E-state index in [0.29, 0.717) is 0 Å². The molecule has 88 valence electrons. The molecule has 0 fully saturated rings. The summed E-state index contributed by atoms with van der Waals surface area (Å²) >= 11 is 2.91. The number of phenolic OH excluding ortho intramolecular Hbond substituents is 1. The van der Waals surface area contributed by atoms with Gasteiger partial charge in [-0.1, -0.05) is 15.9 Å². The summed E-state index contributed by atoms with van der Waals surface area (Å²) in [6.07, 6.45) is -4.87. The van der Waals surface area contributed by atoms with Gasteiger partial charge in [-0.15, -0.1) is 0 Å². The molecule has 0 bridgehead atoms. The molecule has 0 saturated heterocycles. The van der Waals surface area contributed by atoms with Crippen LogP contribution in [0.3, 0.4) is 0 Å². The van der Waals surface area contributed by atoms with Crippen molar-refractivity contribution < 1.29 is 23.1 Å². The SMILES string of the molecule is CC(=O)Cc1cc(Br)cc(C(F)(F)F)c1O. The van der Waals surface area contributed by atoms with Crippen LogP contribution in [0.25, 0.3) is 0 Å². The van der Waals surface area contributed by atoms with E-state index in [2.05, 4.69) is 15.9 Å². The van der Waals surface area contributed by atoms with Gasteiger partial charge in [0.25, 0.3) is 0 Å². The van der Waals surface area contributed by atoms with E-state index in [9.17, 15) is 23.1 Å². The van der Waals surface area contributed by atoms with Crippen LogP contribution in [0.4, 0.5) is 13.2 Å². The Kier molecular flexibility index (Phi) is 3.62. The molecule has 0 aliphatic carbocycles. The van der Waals surface area contributed by atoms with Gasteiger partial charge in [-0.2, -0.15) is 13.2 Å². The maximum atomic E-state index is 12.5. The molecule has 0 aliphatic rings. The summed E-state index contributed by atoms with van der Waals surface area (Å²) in [6.45, 7) is 1.24. The molecule has 2 nitrogen and oxygen atoms in total. The predicted octanol–water partition coefficient (Wildman–Crippen LogP) is 3.31. The van der Waals surface area contributed by atoms with Gasteiger partial charge < -0.3 is 5.11 Å². The van der Waals surface area contributed by atoms with Crippen LogP contribution in [-0.4, -0.2) is 10.9 Å². The summed E-state index contributed by atoms with van der Waals surface area (Å²) < 4.78 is 37.6. The molecule has 0 atom stereocenters. The lowest BCUT2D eigenvalue weighted by atomic mass is 10.0. The highest BCUT2D eigenvalue weighted by Gasteiger charge is 2.35. The Bertz CT molecular complexity index is 427. The number of phenols is 1. The van der Waals surface area contributed by atoms with Gasteiger partial charge >= 0.3 is 6.18 Å². The third-order valence-corrected chi connectivity index (χ3v) is 2.36. The maximum absolute atomic E-state index is 12.5. The Morgan fingerprint density at radius 1 is 1.44 bits per heavy atom. The maximum Gasteiger partial charge on any atom is 0.420 e. The van der Waals surface area contributed by atoms with Gasteiger partial charge in [0.2, 0.25) is 0 Å². The van der Waals surface area contributed by atoms with E-state index in [-0.39, 0.29) is 22.2 Å². The van der Waals surface area contributed by atoms with E-state index < -0.39 is 17.5 Å². The second kappa shape index (κ2) is 4.45. The van der Waals surface area contributed by atoms with Crippen LogP contribution in [0.1, 0.15) is 18.1 Å². The molecule has 1 rings (SSSR count). The standard InChI is InChI=1S/C10H8BrF3O2/c1-5(15)2-6-3-7(11)4-8(9(6)16)10(12,13)14/h3-4,16H,2H2,1H3. The number of hydrogen-bond acceptors (Lipinski definition) is 2. The van der Waals surface area contributed by atoms with E-state index in [1.165, 1.54) is 13.0 Å². The number of carbonyl (C=O) groups excluding carboxylic acids is 1. The van der Waals surface area contributed by atoms with E-state index >= 15 is 0 Å². The Morgan fingerprint density at radius 3 is 2.44 bits per heavy atom. The summed E-state index contributed by atoms with van der Waals surface area (Å²) in [4.78, 5) is 10.8. The average molecular weight is 297 g/mol. The van der Waals surface area contributed by atoms with Gasteiger partial charge in [0.1, 0.15) is 11.5 Å². The van der Waals surface area contributed by atoms with Crippen molar-refractivity contribution in [3.63, 3.8) is 0 Å². The van der Waals surface area contributed by atoms with Crippen LogP contribution < -0.4 is 0 Å². The number of aromatic hydroxyl groups is 1. The van der Waals surface area contributed by atoms with Crippen molar-refractivity contribution in [1.82, 2.24) is 0 Å². The predicted molar refractivity (Wildman–Crippen MR) is 55.2 cm³/mol.